The van der Waals surface area contributed by atoms with E-state index >= 15 is 0 Å². The number of aliphatic imine (C=N–C) groups is 1. The first-order valence-corrected chi connectivity index (χ1v) is 14.7. The molecule has 2 aliphatic heterocycles. The van der Waals surface area contributed by atoms with Crippen LogP contribution in [0.1, 0.15) is 44.4 Å². The summed E-state index contributed by atoms with van der Waals surface area (Å²) >= 11 is 1.48. The van der Waals surface area contributed by atoms with Crippen molar-refractivity contribution in [2.24, 2.45) is 4.99 Å². The van der Waals surface area contributed by atoms with E-state index in [-0.39, 0.29) is 18.2 Å². The van der Waals surface area contributed by atoms with Gasteiger partial charge in [0, 0.05) is 25.3 Å². The maximum absolute atomic E-state index is 13.9. The Balaban J connectivity index is 1.47. The minimum atomic E-state index is -0.460. The number of nitrogens with one attached hydrogen (secondary N) is 1. The van der Waals surface area contributed by atoms with Crippen molar-refractivity contribution in [1.29, 1.82) is 0 Å². The van der Waals surface area contributed by atoms with Crippen LogP contribution in [0.4, 0.5) is 0 Å². The standard InChI is InChI=1S/C33H34N4O3S/c1-4-36(5-2)32(39)30-23(3)35-33-37(26(22-41-33)20-29(38)34-21-24-13-8-6-9-14-24)31(30)25-15-12-18-28(19-25)40-27-16-10-7-11-17-27/h6-19,22,31H,4-5,20-21H2,1-3H3,(H,34,38). The molecule has 1 N–H and O–H groups in total. The van der Waals surface area contributed by atoms with Crippen molar-refractivity contribution < 1.29 is 14.3 Å². The second-order valence-corrected chi connectivity index (χ2v) is 10.6. The SMILES string of the molecule is CCN(CC)C(=O)C1=C(C)N=C2SC=C(CC(=O)NCc3ccccc3)N2C1c1cccc(Oc2ccccc2)c1. The first-order chi connectivity index (χ1) is 20.0. The van der Waals surface area contributed by atoms with Gasteiger partial charge in [-0.05, 0) is 61.6 Å². The molecule has 2 amide bonds. The van der Waals surface area contributed by atoms with Gasteiger partial charge in [-0.2, -0.15) is 0 Å². The molecular formula is C33H34N4O3S. The maximum Gasteiger partial charge on any atom is 0.254 e. The van der Waals surface area contributed by atoms with Gasteiger partial charge in [0.05, 0.1) is 23.7 Å². The van der Waals surface area contributed by atoms with Crippen LogP contribution in [0.15, 0.2) is 112 Å². The molecule has 0 bridgehead atoms. The predicted octanol–water partition coefficient (Wildman–Crippen LogP) is 6.63. The van der Waals surface area contributed by atoms with E-state index in [4.69, 9.17) is 9.73 Å². The number of nitrogens with zero attached hydrogens (tertiary/aromatic N) is 3. The number of benzene rings is 3. The van der Waals surface area contributed by atoms with Crippen molar-refractivity contribution >= 4 is 28.7 Å². The van der Waals surface area contributed by atoms with Crippen molar-refractivity contribution in [3.05, 3.63) is 118 Å². The summed E-state index contributed by atoms with van der Waals surface area (Å²) < 4.78 is 6.15. The van der Waals surface area contributed by atoms with Crippen LogP contribution >= 0.6 is 11.8 Å². The molecule has 0 saturated carbocycles. The molecule has 2 aliphatic rings. The highest BCUT2D eigenvalue weighted by molar-refractivity contribution is 8.16. The Labute approximate surface area is 245 Å². The van der Waals surface area contributed by atoms with Gasteiger partial charge in [0.2, 0.25) is 5.91 Å². The Kier molecular flexibility index (Phi) is 8.89. The van der Waals surface area contributed by atoms with E-state index in [1.165, 1.54) is 11.8 Å². The van der Waals surface area contributed by atoms with Crippen LogP contribution in [-0.4, -0.2) is 39.9 Å². The fourth-order valence-electron chi connectivity index (χ4n) is 5.04. The minimum Gasteiger partial charge on any atom is -0.457 e. The van der Waals surface area contributed by atoms with E-state index in [2.05, 4.69) is 5.32 Å². The van der Waals surface area contributed by atoms with E-state index in [1.807, 2.05) is 121 Å². The quantitative estimate of drug-likeness (QED) is 0.298. The highest BCUT2D eigenvalue weighted by atomic mass is 32.2. The number of para-hydroxylation sites is 1. The van der Waals surface area contributed by atoms with E-state index in [9.17, 15) is 9.59 Å². The number of carbonyl (C=O) groups excluding carboxylic acids is 2. The van der Waals surface area contributed by atoms with Gasteiger partial charge in [-0.3, -0.25) is 9.59 Å². The lowest BCUT2D eigenvalue weighted by atomic mass is 9.92. The molecule has 210 valence electrons. The average molecular weight is 567 g/mol. The second kappa shape index (κ2) is 12.9. The lowest BCUT2D eigenvalue weighted by molar-refractivity contribution is -0.127. The van der Waals surface area contributed by atoms with Crippen molar-refractivity contribution in [1.82, 2.24) is 15.1 Å². The third kappa shape index (κ3) is 6.38. The van der Waals surface area contributed by atoms with Gasteiger partial charge in [0.15, 0.2) is 5.17 Å². The van der Waals surface area contributed by atoms with E-state index in [0.29, 0.717) is 36.7 Å². The van der Waals surface area contributed by atoms with Crippen LogP contribution < -0.4 is 10.1 Å². The van der Waals surface area contributed by atoms with Crippen LogP contribution in [0.5, 0.6) is 11.5 Å². The molecule has 0 aromatic heterocycles. The third-order valence-corrected chi connectivity index (χ3v) is 8.00. The number of rotatable bonds is 10. The van der Waals surface area contributed by atoms with Crippen molar-refractivity contribution in [3.8, 4) is 11.5 Å². The highest BCUT2D eigenvalue weighted by Crippen LogP contribution is 2.45. The van der Waals surface area contributed by atoms with E-state index in [0.717, 1.165) is 27.7 Å². The topological polar surface area (TPSA) is 74.2 Å². The van der Waals surface area contributed by atoms with Gasteiger partial charge in [-0.1, -0.05) is 72.4 Å². The average Bonchev–Trinajstić information content (AvgIpc) is 3.38. The van der Waals surface area contributed by atoms with Gasteiger partial charge in [0.25, 0.3) is 5.91 Å². The number of amides is 2. The lowest BCUT2D eigenvalue weighted by Gasteiger charge is -2.38. The van der Waals surface area contributed by atoms with Crippen LogP contribution in [0.25, 0.3) is 0 Å². The fourth-order valence-corrected chi connectivity index (χ4v) is 6.00. The summed E-state index contributed by atoms with van der Waals surface area (Å²) in [4.78, 5) is 35.7. The Morgan fingerprint density at radius 1 is 0.951 bits per heavy atom. The van der Waals surface area contributed by atoms with Crippen LogP contribution in [0.2, 0.25) is 0 Å². The molecule has 1 atom stereocenters. The Hall–Kier alpha value is -4.30. The summed E-state index contributed by atoms with van der Waals surface area (Å²) in [6.45, 7) is 7.48. The minimum absolute atomic E-state index is 0.0561. The van der Waals surface area contributed by atoms with Gasteiger partial charge in [-0.25, -0.2) is 4.99 Å². The van der Waals surface area contributed by atoms with Gasteiger partial charge in [-0.15, -0.1) is 0 Å². The molecule has 5 rings (SSSR count). The van der Waals surface area contributed by atoms with Crippen LogP contribution in [-0.2, 0) is 16.1 Å². The lowest BCUT2D eigenvalue weighted by Crippen LogP contribution is -2.42. The number of ether oxygens (including phenoxy) is 1. The Morgan fingerprint density at radius 3 is 2.34 bits per heavy atom. The molecule has 3 aromatic rings. The predicted molar refractivity (Wildman–Crippen MR) is 164 cm³/mol. The summed E-state index contributed by atoms with van der Waals surface area (Å²) in [6, 6.07) is 26.8. The number of allylic oxidation sites excluding steroid dienone is 1. The number of likely N-dealkylation sites (N-methyl/N-ethyl adjacent to an activating group) is 1. The van der Waals surface area contributed by atoms with Gasteiger partial charge >= 0.3 is 0 Å². The van der Waals surface area contributed by atoms with E-state index < -0.39 is 6.04 Å². The third-order valence-electron chi connectivity index (χ3n) is 7.11. The summed E-state index contributed by atoms with van der Waals surface area (Å²) in [5.41, 5.74) is 4.01. The molecule has 7 nitrogen and oxygen atoms in total. The summed E-state index contributed by atoms with van der Waals surface area (Å²) in [5.74, 6) is 1.25. The molecular weight excluding hydrogens is 532 g/mol. The highest BCUT2D eigenvalue weighted by Gasteiger charge is 2.41. The Bertz CT molecular complexity index is 1500. The molecule has 0 spiro atoms. The number of amidine groups is 1. The molecule has 41 heavy (non-hydrogen) atoms. The van der Waals surface area contributed by atoms with Crippen molar-refractivity contribution in [2.45, 2.75) is 39.8 Å². The number of hydrogen-bond acceptors (Lipinski definition) is 6. The fraction of sp³-hybridized carbons (Fsp3) is 0.242. The van der Waals surface area contributed by atoms with Crippen LogP contribution in [0.3, 0.4) is 0 Å². The second-order valence-electron chi connectivity index (χ2n) is 9.80. The molecule has 0 aliphatic carbocycles. The van der Waals surface area contributed by atoms with Crippen molar-refractivity contribution in [2.75, 3.05) is 13.1 Å². The summed E-state index contributed by atoms with van der Waals surface area (Å²) in [5, 5.41) is 5.75. The first kappa shape index (κ1) is 28.2. The number of thioether (sulfide) groups is 1. The molecule has 0 fully saturated rings. The summed E-state index contributed by atoms with van der Waals surface area (Å²) in [6.07, 6.45) is 0.168. The van der Waals surface area contributed by atoms with Gasteiger partial charge in [0.1, 0.15) is 11.5 Å². The molecule has 0 radical (unpaired) electrons. The maximum atomic E-state index is 13.9. The monoisotopic (exact) mass is 566 g/mol. The van der Waals surface area contributed by atoms with Gasteiger partial charge < -0.3 is 19.9 Å². The zero-order valence-electron chi connectivity index (χ0n) is 23.5. The van der Waals surface area contributed by atoms with Crippen LogP contribution in [0, 0.1) is 0 Å². The molecule has 0 saturated heterocycles. The number of hydrogen-bond donors (Lipinski definition) is 1. The normalized spacial score (nSPS) is 16.1. The van der Waals surface area contributed by atoms with Crippen molar-refractivity contribution in [3.63, 3.8) is 0 Å². The zero-order chi connectivity index (χ0) is 28.8. The molecule has 3 aromatic carbocycles. The molecule has 8 heteroatoms. The zero-order valence-corrected chi connectivity index (χ0v) is 24.4. The smallest absolute Gasteiger partial charge is 0.254 e. The largest absolute Gasteiger partial charge is 0.457 e. The number of carbonyl (C=O) groups is 2. The summed E-state index contributed by atoms with van der Waals surface area (Å²) in [7, 11) is 0. The first-order valence-electron chi connectivity index (χ1n) is 13.9. The Morgan fingerprint density at radius 2 is 1.63 bits per heavy atom. The molecule has 2 heterocycles. The number of fused-ring (bicyclic) bond motifs is 1. The van der Waals surface area contributed by atoms with E-state index in [1.54, 1.807) is 0 Å². The molecule has 1 unspecified atom stereocenters.